The van der Waals surface area contributed by atoms with Crippen LogP contribution >= 0.6 is 12.4 Å². The molecular weight excluding hydrogens is 448 g/mol. The van der Waals surface area contributed by atoms with Crippen molar-refractivity contribution in [3.63, 3.8) is 0 Å². The predicted molar refractivity (Wildman–Crippen MR) is 137 cm³/mol. The average molecular weight is 489 g/mol. The molecule has 0 fully saturated rings. The summed E-state index contributed by atoms with van der Waals surface area (Å²) < 4.78 is 26.0. The Balaban J connectivity index is 0.00000512. The normalized spacial score (nSPS) is 13.5. The molecule has 2 rings (SSSR count). The maximum atomic E-state index is 12.8. The molecule has 184 valence electrons. The summed E-state index contributed by atoms with van der Waals surface area (Å²) in [6.45, 7) is 13.4. The minimum absolute atomic E-state index is 0. The van der Waals surface area contributed by atoms with Gasteiger partial charge in [0.25, 0.3) is 10.2 Å². The number of nitrogens with two attached hydrogens (primary N) is 1. The van der Waals surface area contributed by atoms with Crippen molar-refractivity contribution < 1.29 is 13.2 Å². The molecule has 1 amide bonds. The molecule has 1 aliphatic heterocycles. The Bertz CT molecular complexity index is 911. The van der Waals surface area contributed by atoms with Crippen molar-refractivity contribution in [2.75, 3.05) is 28.0 Å². The highest BCUT2D eigenvalue weighted by molar-refractivity contribution is 7.90. The lowest BCUT2D eigenvalue weighted by Gasteiger charge is -2.28. The zero-order chi connectivity index (χ0) is 23.4. The maximum absolute atomic E-state index is 12.8. The largest absolute Gasteiger partial charge is 0.369 e. The van der Waals surface area contributed by atoms with Gasteiger partial charge in [-0.25, -0.2) is 5.14 Å². The number of anilines is 3. The van der Waals surface area contributed by atoms with E-state index >= 15 is 0 Å². The fourth-order valence-electron chi connectivity index (χ4n) is 4.13. The summed E-state index contributed by atoms with van der Waals surface area (Å²) in [5, 5.41) is 8.37. The van der Waals surface area contributed by atoms with E-state index in [1.54, 1.807) is 0 Å². The Morgan fingerprint density at radius 1 is 1.03 bits per heavy atom. The number of hydrogen-bond acceptors (Lipinski definition) is 4. The van der Waals surface area contributed by atoms with E-state index < -0.39 is 15.6 Å². The number of rotatable bonds is 10. The van der Waals surface area contributed by atoms with E-state index in [0.717, 1.165) is 42.7 Å². The molecule has 0 spiro atoms. The second kappa shape index (κ2) is 11.6. The number of carbonyl (C=O) groups is 1. The van der Waals surface area contributed by atoms with Crippen LogP contribution in [0.2, 0.25) is 0 Å². The molecular formula is C23H41ClN4O3S. The van der Waals surface area contributed by atoms with Gasteiger partial charge in [-0.2, -0.15) is 8.42 Å². The highest BCUT2D eigenvalue weighted by atomic mass is 35.5. The number of amides is 1. The molecule has 4 N–H and O–H groups in total. The summed E-state index contributed by atoms with van der Waals surface area (Å²) in [5.41, 5.74) is 4.26. The van der Waals surface area contributed by atoms with E-state index in [9.17, 15) is 13.2 Å². The molecule has 0 aromatic heterocycles. The van der Waals surface area contributed by atoms with Crippen LogP contribution in [0.25, 0.3) is 0 Å². The molecule has 9 heteroatoms. The molecule has 1 aromatic rings. The van der Waals surface area contributed by atoms with Gasteiger partial charge < -0.3 is 10.2 Å². The van der Waals surface area contributed by atoms with Crippen LogP contribution in [-0.4, -0.2) is 27.4 Å². The summed E-state index contributed by atoms with van der Waals surface area (Å²) in [6, 6.07) is 0. The van der Waals surface area contributed by atoms with Crippen molar-refractivity contribution in [1.82, 2.24) is 0 Å². The minimum Gasteiger partial charge on any atom is -0.369 e. The van der Waals surface area contributed by atoms with Crippen molar-refractivity contribution in [3.05, 3.63) is 16.7 Å². The van der Waals surface area contributed by atoms with Crippen LogP contribution in [0.5, 0.6) is 0 Å². The Morgan fingerprint density at radius 3 is 2.19 bits per heavy atom. The Kier molecular flexibility index (Phi) is 10.3. The van der Waals surface area contributed by atoms with Crippen molar-refractivity contribution in [2.24, 2.45) is 10.6 Å². The summed E-state index contributed by atoms with van der Waals surface area (Å²) in [7, 11) is -3.93. The molecule has 1 heterocycles. The monoisotopic (exact) mass is 488 g/mol. The fourth-order valence-corrected chi connectivity index (χ4v) is 4.72. The Morgan fingerprint density at radius 2 is 1.62 bits per heavy atom. The SMILES string of the molecule is CCCCCCCCN1CCc2c(C)c(NS(N)(=O)=O)c(C)c(NC(=O)C(C)(C)C)c21.Cl. The van der Waals surface area contributed by atoms with E-state index in [2.05, 4.69) is 21.9 Å². The van der Waals surface area contributed by atoms with Gasteiger partial charge in [-0.3, -0.25) is 9.52 Å². The third-order valence-electron chi connectivity index (χ3n) is 5.99. The molecule has 0 radical (unpaired) electrons. The lowest BCUT2D eigenvalue weighted by Crippen LogP contribution is -2.30. The third-order valence-corrected chi connectivity index (χ3v) is 6.48. The number of nitrogens with zero attached hydrogens (tertiary/aromatic N) is 1. The summed E-state index contributed by atoms with van der Waals surface area (Å²) in [4.78, 5) is 15.2. The first kappa shape index (κ1) is 28.5. The van der Waals surface area contributed by atoms with Crippen LogP contribution in [-0.2, 0) is 21.4 Å². The van der Waals surface area contributed by atoms with Crippen molar-refractivity contribution in [1.29, 1.82) is 0 Å². The number of unbranched alkanes of at least 4 members (excludes halogenated alkanes) is 5. The van der Waals surface area contributed by atoms with E-state index in [0.29, 0.717) is 16.9 Å². The van der Waals surface area contributed by atoms with E-state index in [1.165, 1.54) is 32.1 Å². The van der Waals surface area contributed by atoms with Gasteiger partial charge in [0, 0.05) is 18.5 Å². The highest BCUT2D eigenvalue weighted by Gasteiger charge is 2.31. The topological polar surface area (TPSA) is 105 Å². The zero-order valence-electron chi connectivity index (χ0n) is 20.4. The van der Waals surface area contributed by atoms with Gasteiger partial charge >= 0.3 is 0 Å². The molecule has 32 heavy (non-hydrogen) atoms. The number of halogens is 1. The number of fused-ring (bicyclic) bond motifs is 1. The molecule has 0 bridgehead atoms. The summed E-state index contributed by atoms with van der Waals surface area (Å²) >= 11 is 0. The fraction of sp³-hybridized carbons (Fsp3) is 0.696. The number of carbonyl (C=O) groups excluding carboxylic acids is 1. The Labute approximate surface area is 200 Å². The third kappa shape index (κ3) is 7.25. The summed E-state index contributed by atoms with van der Waals surface area (Å²) in [5.74, 6) is -0.102. The number of benzene rings is 1. The number of hydrogen-bond donors (Lipinski definition) is 3. The lowest BCUT2D eigenvalue weighted by molar-refractivity contribution is -0.123. The molecule has 0 saturated heterocycles. The van der Waals surface area contributed by atoms with Gasteiger partial charge in [-0.1, -0.05) is 59.8 Å². The van der Waals surface area contributed by atoms with Crippen LogP contribution in [0.15, 0.2) is 0 Å². The minimum atomic E-state index is -3.93. The zero-order valence-corrected chi connectivity index (χ0v) is 22.1. The maximum Gasteiger partial charge on any atom is 0.296 e. The van der Waals surface area contributed by atoms with Gasteiger partial charge in [0.1, 0.15) is 0 Å². The molecule has 0 aliphatic carbocycles. The summed E-state index contributed by atoms with van der Waals surface area (Å²) in [6.07, 6.45) is 8.16. The van der Waals surface area contributed by atoms with Crippen LogP contribution in [0.4, 0.5) is 17.1 Å². The average Bonchev–Trinajstić information content (AvgIpc) is 3.07. The van der Waals surface area contributed by atoms with E-state index in [-0.39, 0.29) is 18.3 Å². The smallest absolute Gasteiger partial charge is 0.296 e. The number of nitrogens with one attached hydrogen (secondary N) is 2. The van der Waals surface area contributed by atoms with Gasteiger partial charge in [-0.05, 0) is 43.4 Å². The first-order valence-electron chi connectivity index (χ1n) is 11.4. The molecule has 0 unspecified atom stereocenters. The van der Waals surface area contributed by atoms with Crippen molar-refractivity contribution >= 4 is 45.6 Å². The van der Waals surface area contributed by atoms with Crippen molar-refractivity contribution in [2.45, 2.75) is 86.5 Å². The molecule has 0 atom stereocenters. The van der Waals surface area contributed by atoms with Gasteiger partial charge in [-0.15, -0.1) is 12.4 Å². The standard InChI is InChI=1S/C23H40N4O3S.ClH/c1-7-8-9-10-11-12-14-27-15-13-18-16(2)19(26-31(24,29)30)17(3)20(21(18)27)25-22(28)23(4,5)6;/h26H,7-15H2,1-6H3,(H,25,28)(H2,24,29,30);1H. The predicted octanol–water partition coefficient (Wildman–Crippen LogP) is 5.05. The van der Waals surface area contributed by atoms with E-state index in [1.807, 2.05) is 34.6 Å². The van der Waals surface area contributed by atoms with Crippen LogP contribution in [0.3, 0.4) is 0 Å². The molecule has 0 saturated carbocycles. The van der Waals surface area contributed by atoms with Crippen LogP contribution < -0.4 is 20.1 Å². The first-order valence-corrected chi connectivity index (χ1v) is 12.9. The van der Waals surface area contributed by atoms with Gasteiger partial charge in [0.2, 0.25) is 5.91 Å². The molecule has 1 aromatic carbocycles. The first-order chi connectivity index (χ1) is 14.4. The van der Waals surface area contributed by atoms with Crippen LogP contribution in [0.1, 0.15) is 82.9 Å². The van der Waals surface area contributed by atoms with E-state index in [4.69, 9.17) is 5.14 Å². The molecule has 7 nitrogen and oxygen atoms in total. The quantitative estimate of drug-likeness (QED) is 0.401. The van der Waals surface area contributed by atoms with Crippen molar-refractivity contribution in [3.8, 4) is 0 Å². The van der Waals surface area contributed by atoms with Crippen LogP contribution in [0, 0.1) is 19.3 Å². The van der Waals surface area contributed by atoms with Gasteiger partial charge in [0.05, 0.1) is 17.1 Å². The Hall–Kier alpha value is -1.51. The second-order valence-electron chi connectivity index (χ2n) is 9.68. The lowest BCUT2D eigenvalue weighted by atomic mass is 9.94. The highest BCUT2D eigenvalue weighted by Crippen LogP contribution is 2.45. The molecule has 1 aliphatic rings. The second-order valence-corrected chi connectivity index (χ2v) is 11.0. The van der Waals surface area contributed by atoms with Gasteiger partial charge in [0.15, 0.2) is 0 Å².